The van der Waals surface area contributed by atoms with Gasteiger partial charge in [0, 0.05) is 0 Å². The Morgan fingerprint density at radius 2 is 0.952 bits per heavy atom. The quantitative estimate of drug-likeness (QED) is 0.114. The molecule has 1 N–H and O–H groups in total. The van der Waals surface area contributed by atoms with Gasteiger partial charge in [-0.2, -0.15) is 0 Å². The number of nitrogens with one attached hydrogen (secondary N) is 1. The standard InChI is InChI=1S/C36H31ClNO3P/c1-2-41-36(40)33(38-35(39)29-20-10-4-11-21-29)34(28-18-8-3-9-19-28)42(37,30-22-12-5-13-23-30,31-24-14-6-15-25-31)32-26-16-7-17-27-32/h3-27H,2H2,1H3,(H,38,39). The van der Waals surface area contributed by atoms with Crippen LogP contribution in [0.1, 0.15) is 22.8 Å². The fourth-order valence-corrected chi connectivity index (χ4v) is 12.0. The second kappa shape index (κ2) is 12.6. The summed E-state index contributed by atoms with van der Waals surface area (Å²) >= 11 is 8.56. The van der Waals surface area contributed by atoms with Crippen molar-refractivity contribution in [2.24, 2.45) is 0 Å². The van der Waals surface area contributed by atoms with Gasteiger partial charge in [0.25, 0.3) is 0 Å². The first-order valence-corrected chi connectivity index (χ1v) is 16.9. The van der Waals surface area contributed by atoms with Crippen LogP contribution in [0.2, 0.25) is 0 Å². The Bertz CT molecular complexity index is 1590. The summed E-state index contributed by atoms with van der Waals surface area (Å²) in [6.07, 6.45) is 0. The Hall–Kier alpha value is -4.50. The van der Waals surface area contributed by atoms with Crippen molar-refractivity contribution in [1.29, 1.82) is 0 Å². The molecule has 0 aromatic heterocycles. The number of rotatable bonds is 9. The van der Waals surface area contributed by atoms with Gasteiger partial charge in [0.05, 0.1) is 0 Å². The number of ether oxygens (including phenoxy) is 1. The summed E-state index contributed by atoms with van der Waals surface area (Å²) in [5.41, 5.74) is 1.10. The zero-order valence-corrected chi connectivity index (χ0v) is 24.8. The van der Waals surface area contributed by atoms with Crippen LogP contribution in [0.5, 0.6) is 0 Å². The Kier molecular flexibility index (Phi) is 8.68. The molecule has 5 aromatic rings. The third-order valence-electron chi connectivity index (χ3n) is 7.18. The summed E-state index contributed by atoms with van der Waals surface area (Å²) in [6.45, 7) is 1.86. The topological polar surface area (TPSA) is 55.4 Å². The van der Waals surface area contributed by atoms with E-state index >= 15 is 0 Å². The minimum atomic E-state index is -4.32. The summed E-state index contributed by atoms with van der Waals surface area (Å²) in [5.74, 6) is -5.43. The Morgan fingerprint density at radius 1 is 0.595 bits per heavy atom. The predicted octanol–water partition coefficient (Wildman–Crippen LogP) is 7.03. The fourth-order valence-electron chi connectivity index (χ4n) is 5.34. The Balaban J connectivity index is 2.02. The molecule has 5 rings (SSSR count). The van der Waals surface area contributed by atoms with Crippen LogP contribution in [0.25, 0.3) is 5.31 Å². The average molecular weight is 592 g/mol. The number of carbonyl (C=O) groups excluding carboxylic acids is 2. The monoisotopic (exact) mass is 591 g/mol. The molecule has 0 saturated carbocycles. The van der Waals surface area contributed by atoms with Crippen LogP contribution in [0.4, 0.5) is 0 Å². The van der Waals surface area contributed by atoms with E-state index in [1.807, 2.05) is 127 Å². The summed E-state index contributed by atoms with van der Waals surface area (Å²) in [5, 5.41) is 5.92. The molecule has 0 unspecified atom stereocenters. The molecule has 1 amide bonds. The first kappa shape index (κ1) is 29.0. The van der Waals surface area contributed by atoms with Crippen LogP contribution >= 0.6 is 17.2 Å². The van der Waals surface area contributed by atoms with Crippen molar-refractivity contribution in [2.75, 3.05) is 6.61 Å². The van der Waals surface area contributed by atoms with E-state index in [2.05, 4.69) is 5.32 Å². The van der Waals surface area contributed by atoms with Crippen molar-refractivity contribution in [3.8, 4) is 0 Å². The molecule has 0 bridgehead atoms. The van der Waals surface area contributed by atoms with E-state index in [1.165, 1.54) is 0 Å². The van der Waals surface area contributed by atoms with Gasteiger partial charge >= 0.3 is 252 Å². The normalized spacial score (nSPS) is 12.8. The van der Waals surface area contributed by atoms with Crippen molar-refractivity contribution in [3.63, 3.8) is 0 Å². The van der Waals surface area contributed by atoms with E-state index < -0.39 is 17.8 Å². The fraction of sp³-hybridized carbons (Fsp3) is 0.0556. The zero-order chi connectivity index (χ0) is 29.4. The van der Waals surface area contributed by atoms with Crippen molar-refractivity contribution >= 4 is 50.3 Å². The van der Waals surface area contributed by atoms with Gasteiger partial charge in [-0.15, -0.1) is 0 Å². The molecule has 0 spiro atoms. The molecule has 0 aliphatic carbocycles. The second-order valence-corrected chi connectivity index (χ2v) is 15.7. The molecule has 5 aromatic carbocycles. The van der Waals surface area contributed by atoms with Gasteiger partial charge in [-0.25, -0.2) is 0 Å². The SMILES string of the molecule is CCOC(=O)C(NC(=O)c1ccccc1)=C(c1ccccc1)P(Cl)(c1ccccc1)(c1ccccc1)c1ccccc1. The van der Waals surface area contributed by atoms with Crippen molar-refractivity contribution in [2.45, 2.75) is 6.92 Å². The molecular weight excluding hydrogens is 561 g/mol. The number of amides is 1. The molecule has 0 atom stereocenters. The van der Waals surface area contributed by atoms with Gasteiger partial charge in [-0.3, -0.25) is 0 Å². The molecule has 0 fully saturated rings. The maximum atomic E-state index is 14.1. The maximum absolute atomic E-state index is 14.1. The first-order chi connectivity index (χ1) is 20.5. The van der Waals surface area contributed by atoms with Gasteiger partial charge < -0.3 is 0 Å². The van der Waals surface area contributed by atoms with Gasteiger partial charge in [-0.1, -0.05) is 0 Å². The van der Waals surface area contributed by atoms with Crippen LogP contribution in [0, 0.1) is 0 Å². The predicted molar refractivity (Wildman–Crippen MR) is 175 cm³/mol. The molecule has 0 aliphatic rings. The molecule has 4 nitrogen and oxygen atoms in total. The van der Waals surface area contributed by atoms with Crippen LogP contribution in [-0.4, -0.2) is 18.5 Å². The summed E-state index contributed by atoms with van der Waals surface area (Å²) in [7, 11) is 0. The van der Waals surface area contributed by atoms with Crippen LogP contribution < -0.4 is 21.2 Å². The molecule has 6 heteroatoms. The van der Waals surface area contributed by atoms with Gasteiger partial charge in [0.15, 0.2) is 0 Å². The van der Waals surface area contributed by atoms with E-state index in [0.29, 0.717) is 16.4 Å². The molecule has 210 valence electrons. The summed E-state index contributed by atoms with van der Waals surface area (Å²) < 4.78 is 5.64. The number of carbonyl (C=O) groups is 2. The van der Waals surface area contributed by atoms with Crippen molar-refractivity contribution < 1.29 is 14.3 Å². The first-order valence-electron chi connectivity index (χ1n) is 13.7. The summed E-state index contributed by atoms with van der Waals surface area (Å²) in [4.78, 5) is 27.8. The Morgan fingerprint density at radius 3 is 1.33 bits per heavy atom. The number of hydrogen-bond acceptors (Lipinski definition) is 3. The van der Waals surface area contributed by atoms with Gasteiger partial charge in [-0.05, 0) is 0 Å². The Labute approximate surface area is 251 Å². The molecule has 0 saturated heterocycles. The molecular formula is C36H31ClNO3P. The van der Waals surface area contributed by atoms with Gasteiger partial charge in [0.1, 0.15) is 0 Å². The van der Waals surface area contributed by atoms with E-state index in [0.717, 1.165) is 15.9 Å². The van der Waals surface area contributed by atoms with Crippen molar-refractivity contribution in [3.05, 3.63) is 168 Å². The van der Waals surface area contributed by atoms with Crippen LogP contribution in [-0.2, 0) is 9.53 Å². The third kappa shape index (κ3) is 5.16. The molecule has 42 heavy (non-hydrogen) atoms. The number of benzene rings is 5. The molecule has 0 radical (unpaired) electrons. The third-order valence-corrected chi connectivity index (χ3v) is 14.6. The number of esters is 1. The van der Waals surface area contributed by atoms with Crippen LogP contribution in [0.15, 0.2) is 157 Å². The summed E-state index contributed by atoms with van der Waals surface area (Å²) in [6, 6.07) is 47.8. The molecule has 0 heterocycles. The minimum absolute atomic E-state index is 0.00105. The van der Waals surface area contributed by atoms with E-state index in [1.54, 1.807) is 31.2 Å². The van der Waals surface area contributed by atoms with E-state index in [9.17, 15) is 9.59 Å². The average Bonchev–Trinajstić information content (AvgIpc) is 3.06. The number of halogens is 1. The molecule has 0 aliphatic heterocycles. The van der Waals surface area contributed by atoms with E-state index in [-0.39, 0.29) is 12.3 Å². The second-order valence-electron chi connectivity index (χ2n) is 9.65. The van der Waals surface area contributed by atoms with Crippen molar-refractivity contribution in [1.82, 2.24) is 5.32 Å². The number of hydrogen-bond donors (Lipinski definition) is 1. The van der Waals surface area contributed by atoms with Gasteiger partial charge in [0.2, 0.25) is 0 Å². The zero-order valence-electron chi connectivity index (χ0n) is 23.2. The van der Waals surface area contributed by atoms with E-state index in [4.69, 9.17) is 16.0 Å². The van der Waals surface area contributed by atoms with Crippen LogP contribution in [0.3, 0.4) is 0 Å².